The molecular formula is C24H52N2. The molecule has 158 valence electrons. The maximum absolute atomic E-state index is 3.22. The molecule has 0 aromatic carbocycles. The smallest absolute Gasteiger partial charge is 0.0104 e. The van der Waals surface area contributed by atoms with Crippen LogP contribution in [0.2, 0.25) is 0 Å². The number of unbranched alkanes of at least 4 members (excludes halogenated alkanes) is 14. The van der Waals surface area contributed by atoms with Crippen molar-refractivity contribution in [3.8, 4) is 0 Å². The highest BCUT2D eigenvalue weighted by atomic mass is 15.1. The first-order chi connectivity index (χ1) is 12.7. The van der Waals surface area contributed by atoms with E-state index in [1.54, 1.807) is 0 Å². The van der Waals surface area contributed by atoms with Gasteiger partial charge in [-0.1, -0.05) is 110 Å². The topological polar surface area (TPSA) is 15.3 Å². The van der Waals surface area contributed by atoms with Crippen molar-refractivity contribution in [2.24, 2.45) is 5.92 Å². The normalized spacial score (nSPS) is 11.8. The molecule has 0 amide bonds. The van der Waals surface area contributed by atoms with Crippen LogP contribution < -0.4 is 5.32 Å². The molecule has 0 unspecified atom stereocenters. The second-order valence-corrected chi connectivity index (χ2v) is 8.89. The number of nitrogens with one attached hydrogen (secondary N) is 1. The second kappa shape index (κ2) is 21.2. The van der Waals surface area contributed by atoms with Gasteiger partial charge in [0.2, 0.25) is 0 Å². The third kappa shape index (κ3) is 22.0. The van der Waals surface area contributed by atoms with Crippen LogP contribution >= 0.6 is 0 Å². The molecule has 0 aliphatic carbocycles. The summed E-state index contributed by atoms with van der Waals surface area (Å²) in [5.41, 5.74) is 0. The highest BCUT2D eigenvalue weighted by molar-refractivity contribution is 4.55. The molecule has 0 aromatic rings. The zero-order valence-corrected chi connectivity index (χ0v) is 19.0. The summed E-state index contributed by atoms with van der Waals surface area (Å²) in [5, 5.41) is 3.22. The van der Waals surface area contributed by atoms with Crippen LogP contribution in [0.25, 0.3) is 0 Å². The average Bonchev–Trinajstić information content (AvgIpc) is 2.62. The van der Waals surface area contributed by atoms with E-state index in [-0.39, 0.29) is 0 Å². The minimum Gasteiger partial charge on any atom is -0.318 e. The van der Waals surface area contributed by atoms with E-state index in [4.69, 9.17) is 0 Å². The van der Waals surface area contributed by atoms with Gasteiger partial charge in [-0.25, -0.2) is 0 Å². The molecule has 0 saturated heterocycles. The van der Waals surface area contributed by atoms with Crippen molar-refractivity contribution < 1.29 is 0 Å². The molecule has 1 N–H and O–H groups in total. The summed E-state index contributed by atoms with van der Waals surface area (Å²) in [6.45, 7) is 8.22. The third-order valence-electron chi connectivity index (χ3n) is 5.56. The number of hydrogen-bond donors (Lipinski definition) is 1. The van der Waals surface area contributed by atoms with Crippen molar-refractivity contribution in [1.29, 1.82) is 0 Å². The lowest BCUT2D eigenvalue weighted by Gasteiger charge is -2.15. The van der Waals surface area contributed by atoms with Gasteiger partial charge in [-0.05, 0) is 33.0 Å². The zero-order valence-electron chi connectivity index (χ0n) is 19.0. The zero-order chi connectivity index (χ0) is 19.3. The molecular weight excluding hydrogens is 316 g/mol. The first kappa shape index (κ1) is 25.9. The molecule has 0 rings (SSSR count). The van der Waals surface area contributed by atoms with Crippen LogP contribution in [-0.2, 0) is 0 Å². The molecule has 0 heterocycles. The standard InChI is InChI=1S/C24H52N2/c1-24(2)20-18-16-14-12-10-8-6-5-7-9-11-13-15-17-19-22-26(4)23-21-25-3/h24-25H,5-23H2,1-4H3. The van der Waals surface area contributed by atoms with Crippen molar-refractivity contribution in [2.75, 3.05) is 33.7 Å². The van der Waals surface area contributed by atoms with Gasteiger partial charge >= 0.3 is 0 Å². The van der Waals surface area contributed by atoms with Gasteiger partial charge in [-0.3, -0.25) is 0 Å². The van der Waals surface area contributed by atoms with E-state index in [2.05, 4.69) is 31.1 Å². The summed E-state index contributed by atoms with van der Waals surface area (Å²) < 4.78 is 0. The first-order valence-corrected chi connectivity index (χ1v) is 12.0. The van der Waals surface area contributed by atoms with E-state index in [0.717, 1.165) is 12.5 Å². The first-order valence-electron chi connectivity index (χ1n) is 12.0. The Morgan fingerprint density at radius 2 is 0.962 bits per heavy atom. The third-order valence-corrected chi connectivity index (χ3v) is 5.56. The predicted octanol–water partition coefficient (Wildman–Crippen LogP) is 7.04. The van der Waals surface area contributed by atoms with Crippen LogP contribution in [0.4, 0.5) is 0 Å². The quantitative estimate of drug-likeness (QED) is 0.219. The molecule has 26 heavy (non-hydrogen) atoms. The molecule has 0 bridgehead atoms. The van der Waals surface area contributed by atoms with E-state index in [1.165, 1.54) is 116 Å². The molecule has 0 aliphatic rings. The Bertz CT molecular complexity index is 253. The van der Waals surface area contributed by atoms with Gasteiger partial charge in [0.15, 0.2) is 0 Å². The Labute approximate surface area is 166 Å². The van der Waals surface area contributed by atoms with E-state index in [9.17, 15) is 0 Å². The maximum Gasteiger partial charge on any atom is 0.0104 e. The van der Waals surface area contributed by atoms with Crippen molar-refractivity contribution in [2.45, 2.75) is 117 Å². The molecule has 0 atom stereocenters. The molecule has 0 aliphatic heterocycles. The molecule has 0 saturated carbocycles. The number of likely N-dealkylation sites (N-methyl/N-ethyl adjacent to an activating group) is 2. The van der Waals surface area contributed by atoms with Gasteiger partial charge in [-0.2, -0.15) is 0 Å². The molecule has 2 nitrogen and oxygen atoms in total. The van der Waals surface area contributed by atoms with Crippen LogP contribution in [0.5, 0.6) is 0 Å². The minimum absolute atomic E-state index is 0.894. The average molecular weight is 369 g/mol. The van der Waals surface area contributed by atoms with Crippen LogP contribution in [0.15, 0.2) is 0 Å². The van der Waals surface area contributed by atoms with Gasteiger partial charge in [0.25, 0.3) is 0 Å². The fourth-order valence-corrected chi connectivity index (χ4v) is 3.65. The molecule has 0 aromatic heterocycles. The van der Waals surface area contributed by atoms with Gasteiger partial charge in [0, 0.05) is 13.1 Å². The van der Waals surface area contributed by atoms with Crippen LogP contribution in [-0.4, -0.2) is 38.6 Å². The van der Waals surface area contributed by atoms with Crippen LogP contribution in [0.1, 0.15) is 117 Å². The molecule has 0 fully saturated rings. The van der Waals surface area contributed by atoms with Crippen molar-refractivity contribution in [1.82, 2.24) is 10.2 Å². The Morgan fingerprint density at radius 1 is 0.577 bits per heavy atom. The summed E-state index contributed by atoms with van der Waals surface area (Å²) in [4.78, 5) is 2.45. The SMILES string of the molecule is CNCCN(C)CCCCCCCCCCCCCCCCCC(C)C. The van der Waals surface area contributed by atoms with E-state index in [0.29, 0.717) is 0 Å². The molecule has 0 spiro atoms. The highest BCUT2D eigenvalue weighted by Crippen LogP contribution is 2.14. The Balaban J connectivity index is 3.05. The number of hydrogen-bond acceptors (Lipinski definition) is 2. The van der Waals surface area contributed by atoms with Crippen LogP contribution in [0.3, 0.4) is 0 Å². The fourth-order valence-electron chi connectivity index (χ4n) is 3.65. The van der Waals surface area contributed by atoms with Crippen molar-refractivity contribution in [3.63, 3.8) is 0 Å². The lowest BCUT2D eigenvalue weighted by molar-refractivity contribution is 0.325. The minimum atomic E-state index is 0.894. The summed E-state index contributed by atoms with van der Waals surface area (Å²) in [5.74, 6) is 0.894. The Hall–Kier alpha value is -0.0800. The maximum atomic E-state index is 3.22. The van der Waals surface area contributed by atoms with Crippen molar-refractivity contribution in [3.05, 3.63) is 0 Å². The summed E-state index contributed by atoms with van der Waals surface area (Å²) >= 11 is 0. The lowest BCUT2D eigenvalue weighted by Crippen LogP contribution is -2.28. The summed E-state index contributed by atoms with van der Waals surface area (Å²) in [7, 11) is 4.27. The Morgan fingerprint density at radius 3 is 1.35 bits per heavy atom. The number of rotatable bonds is 21. The van der Waals surface area contributed by atoms with Gasteiger partial charge < -0.3 is 10.2 Å². The fraction of sp³-hybridized carbons (Fsp3) is 1.00. The number of nitrogens with zero attached hydrogens (tertiary/aromatic N) is 1. The van der Waals surface area contributed by atoms with Crippen LogP contribution in [0, 0.1) is 5.92 Å². The van der Waals surface area contributed by atoms with Gasteiger partial charge in [-0.15, -0.1) is 0 Å². The van der Waals surface area contributed by atoms with Crippen molar-refractivity contribution >= 4 is 0 Å². The van der Waals surface area contributed by atoms with Gasteiger partial charge in [0.1, 0.15) is 0 Å². The second-order valence-electron chi connectivity index (χ2n) is 8.89. The monoisotopic (exact) mass is 368 g/mol. The molecule has 0 radical (unpaired) electrons. The predicted molar refractivity (Wildman–Crippen MR) is 120 cm³/mol. The van der Waals surface area contributed by atoms with E-state index < -0.39 is 0 Å². The van der Waals surface area contributed by atoms with Gasteiger partial charge in [0.05, 0.1) is 0 Å². The van der Waals surface area contributed by atoms with E-state index >= 15 is 0 Å². The lowest BCUT2D eigenvalue weighted by atomic mass is 10.0. The Kier molecular flexibility index (Phi) is 21.2. The summed E-state index contributed by atoms with van der Waals surface area (Å²) in [6, 6.07) is 0. The summed E-state index contributed by atoms with van der Waals surface area (Å²) in [6.07, 6.45) is 23.3. The largest absolute Gasteiger partial charge is 0.318 e. The molecule has 2 heteroatoms. The highest BCUT2D eigenvalue weighted by Gasteiger charge is 1.98. The van der Waals surface area contributed by atoms with E-state index in [1.807, 2.05) is 7.05 Å².